The molecule has 0 bridgehead atoms. The van der Waals surface area contributed by atoms with Crippen molar-refractivity contribution in [3.05, 3.63) is 24.7 Å². The van der Waals surface area contributed by atoms with Crippen LogP contribution in [0.1, 0.15) is 20.3 Å². The van der Waals surface area contributed by atoms with E-state index in [2.05, 4.69) is 32.2 Å². The van der Waals surface area contributed by atoms with E-state index in [-0.39, 0.29) is 17.9 Å². The molecule has 1 aliphatic heterocycles. The number of carbonyl (C=O) groups excluding carboxylic acids is 1. The number of hydrogen-bond donors (Lipinski definition) is 2. The van der Waals surface area contributed by atoms with Crippen molar-refractivity contribution in [2.24, 2.45) is 20.0 Å². The molecule has 11 heteroatoms. The van der Waals surface area contributed by atoms with Crippen molar-refractivity contribution in [1.29, 1.82) is 0 Å². The van der Waals surface area contributed by atoms with E-state index in [9.17, 15) is 4.79 Å². The Labute approximate surface area is 186 Å². The number of amides is 1. The monoisotopic (exact) mass is 439 g/mol. The molecule has 0 radical (unpaired) electrons. The van der Waals surface area contributed by atoms with Crippen LogP contribution in [-0.2, 0) is 18.9 Å². The summed E-state index contributed by atoms with van der Waals surface area (Å²) >= 11 is 0. The van der Waals surface area contributed by atoms with Crippen LogP contribution in [0.5, 0.6) is 5.88 Å². The van der Waals surface area contributed by atoms with Crippen LogP contribution >= 0.6 is 0 Å². The SMILES string of the molecule is C=C(C(=O)NC1CCN(c2nc(Nc3cn(C)nc3OC)c3ncn(C)c3n2)C1)C(C)C. The molecule has 0 saturated carbocycles. The van der Waals surface area contributed by atoms with Crippen molar-refractivity contribution >= 4 is 34.5 Å². The first kappa shape index (κ1) is 21.6. The van der Waals surface area contributed by atoms with Crippen LogP contribution in [0.25, 0.3) is 11.2 Å². The van der Waals surface area contributed by atoms with Gasteiger partial charge in [0, 0.05) is 38.8 Å². The number of rotatable bonds is 7. The van der Waals surface area contributed by atoms with E-state index >= 15 is 0 Å². The highest BCUT2D eigenvalue weighted by Gasteiger charge is 2.28. The normalized spacial score (nSPS) is 16.1. The molecular formula is C21H29N9O2. The van der Waals surface area contributed by atoms with Crippen LogP contribution in [-0.4, -0.2) is 61.4 Å². The first-order chi connectivity index (χ1) is 15.3. The Hall–Kier alpha value is -3.63. The molecule has 170 valence electrons. The number of aromatic nitrogens is 6. The van der Waals surface area contributed by atoms with Gasteiger partial charge >= 0.3 is 0 Å². The van der Waals surface area contributed by atoms with Crippen molar-refractivity contribution in [3.63, 3.8) is 0 Å². The van der Waals surface area contributed by atoms with Crippen LogP contribution < -0.4 is 20.3 Å². The first-order valence-corrected chi connectivity index (χ1v) is 10.5. The van der Waals surface area contributed by atoms with Gasteiger partial charge in [-0.2, -0.15) is 9.97 Å². The minimum absolute atomic E-state index is 0.0126. The molecule has 4 rings (SSSR count). The van der Waals surface area contributed by atoms with Gasteiger partial charge in [0.15, 0.2) is 17.0 Å². The Balaban J connectivity index is 1.59. The Bertz CT molecular complexity index is 1160. The van der Waals surface area contributed by atoms with Crippen LogP contribution in [0.3, 0.4) is 0 Å². The van der Waals surface area contributed by atoms with Gasteiger partial charge in [0.2, 0.25) is 11.9 Å². The second-order valence-corrected chi connectivity index (χ2v) is 8.34. The van der Waals surface area contributed by atoms with Gasteiger partial charge in [0.05, 0.1) is 19.6 Å². The maximum absolute atomic E-state index is 12.4. The fourth-order valence-corrected chi connectivity index (χ4v) is 3.66. The molecule has 1 unspecified atom stereocenters. The van der Waals surface area contributed by atoms with Crippen molar-refractivity contribution in [2.75, 3.05) is 30.4 Å². The largest absolute Gasteiger partial charge is 0.478 e. The van der Waals surface area contributed by atoms with Crippen molar-refractivity contribution in [1.82, 2.24) is 34.6 Å². The van der Waals surface area contributed by atoms with Crippen LogP contribution in [0.15, 0.2) is 24.7 Å². The highest BCUT2D eigenvalue weighted by atomic mass is 16.5. The summed E-state index contributed by atoms with van der Waals surface area (Å²) in [5.41, 5.74) is 2.64. The summed E-state index contributed by atoms with van der Waals surface area (Å²) in [6.07, 6.45) is 4.33. The number of nitrogens with one attached hydrogen (secondary N) is 2. The molecule has 0 aliphatic carbocycles. The van der Waals surface area contributed by atoms with Gasteiger partial charge in [-0.3, -0.25) is 9.48 Å². The quantitative estimate of drug-likeness (QED) is 0.535. The Morgan fingerprint density at radius 3 is 2.81 bits per heavy atom. The van der Waals surface area contributed by atoms with E-state index in [0.29, 0.717) is 46.6 Å². The van der Waals surface area contributed by atoms with Crippen LogP contribution in [0.4, 0.5) is 17.5 Å². The number of methoxy groups -OCH3 is 1. The van der Waals surface area contributed by atoms with Crippen molar-refractivity contribution in [3.8, 4) is 5.88 Å². The molecule has 11 nitrogen and oxygen atoms in total. The molecule has 0 aromatic carbocycles. The summed E-state index contributed by atoms with van der Waals surface area (Å²) in [6.45, 7) is 9.18. The third kappa shape index (κ3) is 4.10. The Morgan fingerprint density at radius 2 is 2.09 bits per heavy atom. The smallest absolute Gasteiger partial charge is 0.256 e. The minimum Gasteiger partial charge on any atom is -0.478 e. The topological polar surface area (TPSA) is 115 Å². The molecule has 3 aromatic rings. The van der Waals surface area contributed by atoms with E-state index in [1.165, 1.54) is 0 Å². The van der Waals surface area contributed by atoms with Gasteiger partial charge in [-0.1, -0.05) is 20.4 Å². The number of carbonyl (C=O) groups is 1. The number of nitrogens with zero attached hydrogens (tertiary/aromatic N) is 7. The van der Waals surface area contributed by atoms with Gasteiger partial charge in [-0.25, -0.2) is 4.98 Å². The average molecular weight is 440 g/mol. The molecular weight excluding hydrogens is 410 g/mol. The summed E-state index contributed by atoms with van der Waals surface area (Å²) in [4.78, 5) is 28.4. The van der Waals surface area contributed by atoms with E-state index in [1.54, 1.807) is 18.1 Å². The standard InChI is InChI=1S/C21H29N9O2/c1-12(2)13(3)19(31)23-14-7-8-30(9-14)21-25-17(16-18(26-21)28(4)11-22-16)24-15-10-29(5)27-20(15)32-6/h10-12,14H,3,7-9H2,1-2,4-6H3,(H,23,31)(H,24,25,26). The lowest BCUT2D eigenvalue weighted by atomic mass is 10.0. The lowest BCUT2D eigenvalue weighted by Gasteiger charge is -2.19. The van der Waals surface area contributed by atoms with Gasteiger partial charge in [-0.15, -0.1) is 5.10 Å². The van der Waals surface area contributed by atoms with Gasteiger partial charge in [0.25, 0.3) is 5.88 Å². The zero-order chi connectivity index (χ0) is 23.0. The molecule has 0 spiro atoms. The number of anilines is 3. The number of imidazole rings is 1. The van der Waals surface area contributed by atoms with E-state index in [4.69, 9.17) is 14.7 Å². The van der Waals surface area contributed by atoms with E-state index in [0.717, 1.165) is 13.0 Å². The summed E-state index contributed by atoms with van der Waals surface area (Å²) in [6, 6.07) is 0.0126. The number of aryl methyl sites for hydroxylation is 2. The summed E-state index contributed by atoms with van der Waals surface area (Å²) in [5.74, 6) is 1.62. The number of ether oxygens (including phenoxy) is 1. The Kier molecular flexibility index (Phi) is 5.72. The zero-order valence-corrected chi connectivity index (χ0v) is 19.1. The van der Waals surface area contributed by atoms with Crippen LogP contribution in [0.2, 0.25) is 0 Å². The molecule has 1 amide bonds. The van der Waals surface area contributed by atoms with Crippen molar-refractivity contribution < 1.29 is 9.53 Å². The molecule has 1 atom stereocenters. The molecule has 4 heterocycles. The number of fused-ring (bicyclic) bond motifs is 1. The summed E-state index contributed by atoms with van der Waals surface area (Å²) in [5, 5.41) is 10.7. The Morgan fingerprint density at radius 1 is 1.31 bits per heavy atom. The van der Waals surface area contributed by atoms with E-state index < -0.39 is 0 Å². The highest BCUT2D eigenvalue weighted by Crippen LogP contribution is 2.30. The molecule has 1 aliphatic rings. The fourth-order valence-electron chi connectivity index (χ4n) is 3.66. The molecule has 2 N–H and O–H groups in total. The second kappa shape index (κ2) is 8.48. The van der Waals surface area contributed by atoms with E-state index in [1.807, 2.05) is 38.7 Å². The molecule has 1 fully saturated rings. The zero-order valence-electron chi connectivity index (χ0n) is 19.1. The average Bonchev–Trinajstić information content (AvgIpc) is 3.46. The minimum atomic E-state index is -0.0964. The molecule has 32 heavy (non-hydrogen) atoms. The fraction of sp³-hybridized carbons (Fsp3) is 0.476. The summed E-state index contributed by atoms with van der Waals surface area (Å²) in [7, 11) is 5.29. The predicted molar refractivity (Wildman–Crippen MR) is 122 cm³/mol. The maximum atomic E-state index is 12.4. The third-order valence-corrected chi connectivity index (χ3v) is 5.58. The number of hydrogen-bond acceptors (Lipinski definition) is 8. The maximum Gasteiger partial charge on any atom is 0.256 e. The van der Waals surface area contributed by atoms with Crippen molar-refractivity contribution in [2.45, 2.75) is 26.3 Å². The van der Waals surface area contributed by atoms with Gasteiger partial charge in [0.1, 0.15) is 5.69 Å². The second-order valence-electron chi connectivity index (χ2n) is 8.34. The predicted octanol–water partition coefficient (Wildman–Crippen LogP) is 1.76. The van der Waals surface area contributed by atoms with Gasteiger partial charge < -0.3 is 24.8 Å². The van der Waals surface area contributed by atoms with Crippen LogP contribution in [0, 0.1) is 5.92 Å². The first-order valence-electron chi connectivity index (χ1n) is 10.5. The molecule has 1 saturated heterocycles. The lowest BCUT2D eigenvalue weighted by molar-refractivity contribution is -0.118. The molecule has 3 aromatic heterocycles. The summed E-state index contributed by atoms with van der Waals surface area (Å²) < 4.78 is 8.87. The highest BCUT2D eigenvalue weighted by molar-refractivity contribution is 5.93. The van der Waals surface area contributed by atoms with Gasteiger partial charge in [-0.05, 0) is 12.3 Å². The lowest BCUT2D eigenvalue weighted by Crippen LogP contribution is -2.38. The third-order valence-electron chi connectivity index (χ3n) is 5.58.